The molecule has 1 N–H and O–H groups in total. The predicted octanol–water partition coefficient (Wildman–Crippen LogP) is 6.51. The number of carbonyl (C=O) groups excluding carboxylic acids is 2. The third-order valence-electron chi connectivity index (χ3n) is 5.67. The van der Waals surface area contributed by atoms with Crippen LogP contribution in [0.3, 0.4) is 0 Å². The average Bonchev–Trinajstić information content (AvgIpc) is 3.44. The van der Waals surface area contributed by atoms with Crippen molar-refractivity contribution in [1.29, 1.82) is 0 Å². The number of ether oxygens (including phenoxy) is 1. The number of fused-ring (bicyclic) bond motifs is 2. The highest BCUT2D eigenvalue weighted by Gasteiger charge is 2.30. The molecule has 0 bridgehead atoms. The van der Waals surface area contributed by atoms with Gasteiger partial charge in [0, 0.05) is 21.9 Å². The van der Waals surface area contributed by atoms with Crippen LogP contribution in [-0.4, -0.2) is 41.3 Å². The minimum absolute atomic E-state index is 0.145. The lowest BCUT2D eigenvalue weighted by atomic mass is 10.0. The fourth-order valence-electron chi connectivity index (χ4n) is 4.07. The number of aromatic nitrogens is 1. The number of carbonyl (C=O) groups is 2. The van der Waals surface area contributed by atoms with Crippen molar-refractivity contribution in [3.63, 3.8) is 0 Å². The van der Waals surface area contributed by atoms with Crippen LogP contribution in [0.5, 0.6) is 0 Å². The highest BCUT2D eigenvalue weighted by molar-refractivity contribution is 7.98. The SMILES string of the molecule is CCOC(=O)N1CCc2c(sc(NC(=O)c3ccccc3SC)c2-c2nc3ccccc3s2)C1. The maximum atomic E-state index is 13.3. The van der Waals surface area contributed by atoms with Crippen LogP contribution < -0.4 is 5.32 Å². The Balaban J connectivity index is 1.56. The second kappa shape index (κ2) is 9.77. The van der Waals surface area contributed by atoms with Gasteiger partial charge < -0.3 is 15.0 Å². The Labute approximate surface area is 210 Å². The van der Waals surface area contributed by atoms with Crippen molar-refractivity contribution >= 4 is 61.7 Å². The fraction of sp³-hybridized carbons (Fsp3) is 0.240. The molecule has 0 saturated carbocycles. The molecule has 34 heavy (non-hydrogen) atoms. The van der Waals surface area contributed by atoms with Gasteiger partial charge in [0.15, 0.2) is 0 Å². The number of thioether (sulfide) groups is 1. The molecule has 2 amide bonds. The van der Waals surface area contributed by atoms with Gasteiger partial charge in [0.25, 0.3) is 5.91 Å². The lowest BCUT2D eigenvalue weighted by Gasteiger charge is -2.26. The van der Waals surface area contributed by atoms with E-state index in [1.54, 1.807) is 28.0 Å². The zero-order valence-electron chi connectivity index (χ0n) is 18.8. The van der Waals surface area contributed by atoms with Crippen LogP contribution in [0.4, 0.5) is 9.80 Å². The van der Waals surface area contributed by atoms with Crippen LogP contribution in [0.25, 0.3) is 20.8 Å². The van der Waals surface area contributed by atoms with E-state index in [1.807, 2.05) is 55.6 Å². The molecule has 0 aliphatic carbocycles. The molecule has 0 spiro atoms. The Morgan fingerprint density at radius 3 is 2.74 bits per heavy atom. The number of amides is 2. The van der Waals surface area contributed by atoms with E-state index >= 15 is 0 Å². The summed E-state index contributed by atoms with van der Waals surface area (Å²) in [6.45, 7) is 3.20. The van der Waals surface area contributed by atoms with E-state index < -0.39 is 0 Å². The zero-order chi connectivity index (χ0) is 23.7. The average molecular weight is 510 g/mol. The molecule has 1 aliphatic heterocycles. The van der Waals surface area contributed by atoms with Crippen molar-refractivity contribution in [3.05, 3.63) is 64.5 Å². The number of rotatable bonds is 5. The molecule has 6 nitrogen and oxygen atoms in total. The van der Waals surface area contributed by atoms with Crippen LogP contribution >= 0.6 is 34.4 Å². The van der Waals surface area contributed by atoms with Crippen LogP contribution in [0.2, 0.25) is 0 Å². The van der Waals surface area contributed by atoms with Crippen LogP contribution in [0, 0.1) is 0 Å². The number of benzene rings is 2. The van der Waals surface area contributed by atoms with E-state index in [9.17, 15) is 9.59 Å². The number of hydrogen-bond acceptors (Lipinski definition) is 7. The van der Waals surface area contributed by atoms with Crippen molar-refractivity contribution in [3.8, 4) is 10.6 Å². The summed E-state index contributed by atoms with van der Waals surface area (Å²) in [6, 6.07) is 15.6. The zero-order valence-corrected chi connectivity index (χ0v) is 21.2. The molecule has 2 aromatic heterocycles. The molecule has 0 atom stereocenters. The Bertz CT molecular complexity index is 1350. The van der Waals surface area contributed by atoms with Crippen molar-refractivity contribution < 1.29 is 14.3 Å². The monoisotopic (exact) mass is 509 g/mol. The lowest BCUT2D eigenvalue weighted by Crippen LogP contribution is -2.35. The maximum Gasteiger partial charge on any atom is 0.410 e. The normalized spacial score (nSPS) is 13.1. The minimum atomic E-state index is -0.303. The number of nitrogens with zero attached hydrogens (tertiary/aromatic N) is 2. The van der Waals surface area contributed by atoms with Gasteiger partial charge in [-0.1, -0.05) is 24.3 Å². The predicted molar refractivity (Wildman–Crippen MR) is 140 cm³/mol. The van der Waals surface area contributed by atoms with E-state index in [-0.39, 0.29) is 12.0 Å². The Hall–Kier alpha value is -2.88. The summed E-state index contributed by atoms with van der Waals surface area (Å²) in [7, 11) is 0. The molecule has 1 aliphatic rings. The molecular formula is C25H23N3O3S3. The van der Waals surface area contributed by atoms with Crippen LogP contribution in [0.1, 0.15) is 27.7 Å². The molecule has 0 radical (unpaired) electrons. The van der Waals surface area contributed by atoms with Crippen molar-refractivity contribution in [2.24, 2.45) is 0 Å². The largest absolute Gasteiger partial charge is 0.450 e. The van der Waals surface area contributed by atoms with Gasteiger partial charge in [0.1, 0.15) is 10.0 Å². The second-order valence-electron chi connectivity index (χ2n) is 7.72. The minimum Gasteiger partial charge on any atom is -0.450 e. The van der Waals surface area contributed by atoms with Crippen LogP contribution in [-0.2, 0) is 17.7 Å². The molecule has 9 heteroatoms. The van der Waals surface area contributed by atoms with Gasteiger partial charge in [-0.15, -0.1) is 34.4 Å². The first-order chi connectivity index (χ1) is 16.6. The van der Waals surface area contributed by atoms with E-state index in [0.29, 0.717) is 31.7 Å². The van der Waals surface area contributed by atoms with E-state index in [4.69, 9.17) is 9.72 Å². The Morgan fingerprint density at radius 2 is 1.94 bits per heavy atom. The first kappa shape index (κ1) is 22.9. The van der Waals surface area contributed by atoms with E-state index in [1.165, 1.54) is 11.3 Å². The molecule has 0 unspecified atom stereocenters. The molecule has 174 valence electrons. The number of para-hydroxylation sites is 1. The maximum absolute atomic E-state index is 13.3. The molecule has 5 rings (SSSR count). The Morgan fingerprint density at radius 1 is 1.15 bits per heavy atom. The number of thiophene rings is 1. The molecule has 0 fully saturated rings. The molecule has 3 heterocycles. The van der Waals surface area contributed by atoms with Crippen molar-refractivity contribution in [1.82, 2.24) is 9.88 Å². The van der Waals surface area contributed by atoms with Crippen LogP contribution in [0.15, 0.2) is 53.4 Å². The lowest BCUT2D eigenvalue weighted by molar-refractivity contribution is 0.102. The summed E-state index contributed by atoms with van der Waals surface area (Å²) in [6.07, 6.45) is 2.35. The highest BCUT2D eigenvalue weighted by atomic mass is 32.2. The third kappa shape index (κ3) is 4.31. The van der Waals surface area contributed by atoms with Gasteiger partial charge in [-0.05, 0) is 49.4 Å². The summed E-state index contributed by atoms with van der Waals surface area (Å²) in [5.41, 5.74) is 3.71. The van der Waals surface area contributed by atoms with E-state index in [2.05, 4.69) is 11.4 Å². The van der Waals surface area contributed by atoms with E-state index in [0.717, 1.165) is 41.1 Å². The summed E-state index contributed by atoms with van der Waals surface area (Å²) in [5, 5.41) is 4.83. The van der Waals surface area contributed by atoms with Gasteiger partial charge in [-0.2, -0.15) is 0 Å². The topological polar surface area (TPSA) is 71.5 Å². The number of thiazole rings is 1. The highest BCUT2D eigenvalue weighted by Crippen LogP contribution is 2.46. The summed E-state index contributed by atoms with van der Waals surface area (Å²) >= 11 is 4.69. The van der Waals surface area contributed by atoms with Gasteiger partial charge in [0.05, 0.1) is 28.9 Å². The Kier molecular flexibility index (Phi) is 6.58. The van der Waals surface area contributed by atoms with Gasteiger partial charge >= 0.3 is 6.09 Å². The summed E-state index contributed by atoms with van der Waals surface area (Å²) < 4.78 is 6.32. The summed E-state index contributed by atoms with van der Waals surface area (Å²) in [4.78, 5) is 34.2. The summed E-state index contributed by atoms with van der Waals surface area (Å²) in [5.74, 6) is -0.145. The molecule has 0 saturated heterocycles. The molecule has 4 aromatic rings. The smallest absolute Gasteiger partial charge is 0.410 e. The van der Waals surface area contributed by atoms with Crippen molar-refractivity contribution in [2.75, 3.05) is 24.7 Å². The first-order valence-electron chi connectivity index (χ1n) is 11.0. The third-order valence-corrected chi connectivity index (χ3v) is 8.65. The van der Waals surface area contributed by atoms with Gasteiger partial charge in [-0.25, -0.2) is 9.78 Å². The fourth-order valence-corrected chi connectivity index (χ4v) is 7.03. The standard InChI is InChI=1S/C25H23N3O3S3/c1-3-31-25(30)28-13-12-15-20(14-28)34-24(27-22(29)16-8-4-6-10-18(16)32-2)21(15)23-26-17-9-5-7-11-19(17)33-23/h4-11H,3,12-14H2,1-2H3,(H,27,29). The molecule has 2 aromatic carbocycles. The first-order valence-corrected chi connectivity index (χ1v) is 13.8. The van der Waals surface area contributed by atoms with Gasteiger partial charge in [-0.3, -0.25) is 4.79 Å². The van der Waals surface area contributed by atoms with Crippen molar-refractivity contribution in [2.45, 2.75) is 24.8 Å². The second-order valence-corrected chi connectivity index (χ2v) is 10.7. The number of nitrogens with one attached hydrogen (secondary N) is 1. The van der Waals surface area contributed by atoms with Gasteiger partial charge in [0.2, 0.25) is 0 Å². The molecular weight excluding hydrogens is 486 g/mol. The number of anilines is 1. The quantitative estimate of drug-likeness (QED) is 0.310. The number of hydrogen-bond donors (Lipinski definition) is 1.